The van der Waals surface area contributed by atoms with Crippen molar-refractivity contribution < 1.29 is 13.2 Å². The molecule has 74 valence electrons. The molecular weight excluding hydrogens is 219 g/mol. The van der Waals surface area contributed by atoms with Crippen LogP contribution in [-0.4, -0.2) is 20.2 Å². The minimum absolute atomic E-state index is 0.438. The molecule has 0 bridgehead atoms. The fourth-order valence-corrected chi connectivity index (χ4v) is 1.18. The molecule has 2 atom stereocenters. The number of rotatable bonds is 6. The Morgan fingerprint density at radius 2 is 2.08 bits per heavy atom. The van der Waals surface area contributed by atoms with E-state index in [0.717, 1.165) is 19.3 Å². The van der Waals surface area contributed by atoms with Gasteiger partial charge >= 0.3 is 0 Å². The number of hydrogen-bond donors (Lipinski definition) is 0. The maximum Gasteiger partial charge on any atom is 0.263 e. The van der Waals surface area contributed by atoms with Gasteiger partial charge in [-0.15, -0.1) is 0 Å². The molecule has 0 spiro atoms. The van der Waals surface area contributed by atoms with E-state index in [1.54, 1.807) is 0 Å². The zero-order valence-electron chi connectivity index (χ0n) is 6.99. The monoisotopic (exact) mass is 232 g/mol. The Morgan fingerprint density at radius 3 is 2.50 bits per heavy atom. The maximum absolute atomic E-state index is 10.6. The highest BCUT2D eigenvalue weighted by Gasteiger charge is 2.17. The van der Waals surface area contributed by atoms with Crippen LogP contribution in [0.1, 0.15) is 26.2 Å². The average Bonchev–Trinajstić information content (AvgIpc) is 1.96. The summed E-state index contributed by atoms with van der Waals surface area (Å²) in [5.74, 6) is 0. The van der Waals surface area contributed by atoms with E-state index in [1.165, 1.54) is 0 Å². The molecule has 0 aromatic carbocycles. The second kappa shape index (κ2) is 6.14. The molecule has 0 aliphatic carbocycles. The number of unbranched alkanes of at least 4 members (excludes halogenated alkanes) is 2. The van der Waals surface area contributed by atoms with Crippen LogP contribution in [0.15, 0.2) is 0 Å². The zero-order valence-corrected chi connectivity index (χ0v) is 9.72. The fourth-order valence-electron chi connectivity index (χ4n) is 0.633. The Labute approximate surface area is 80.4 Å². The zero-order chi connectivity index (χ0) is 9.61. The summed E-state index contributed by atoms with van der Waals surface area (Å²) in [6.07, 6.45) is 2.99. The van der Waals surface area contributed by atoms with Gasteiger partial charge < -0.3 is 4.74 Å². The molecule has 0 fully saturated rings. The minimum Gasteiger partial charge on any atom is -0.357 e. The smallest absolute Gasteiger partial charge is 0.263 e. The lowest BCUT2D eigenvalue weighted by molar-refractivity contribution is 0.152. The van der Waals surface area contributed by atoms with Crippen molar-refractivity contribution in [3.05, 3.63) is 0 Å². The molecule has 0 amide bonds. The summed E-state index contributed by atoms with van der Waals surface area (Å²) >= 11 is 0. The molecule has 0 heterocycles. The van der Waals surface area contributed by atoms with Crippen LogP contribution in [0, 0.1) is 0 Å². The summed E-state index contributed by atoms with van der Waals surface area (Å²) in [4.78, 5) is 0. The summed E-state index contributed by atoms with van der Waals surface area (Å²) in [6, 6.07) is 0. The van der Waals surface area contributed by atoms with Crippen molar-refractivity contribution in [2.45, 2.75) is 31.4 Å². The molecule has 0 aliphatic rings. The van der Waals surface area contributed by atoms with Gasteiger partial charge in [0.15, 0.2) is 5.18 Å². The van der Waals surface area contributed by atoms with E-state index in [1.807, 2.05) is 9.24 Å². The van der Waals surface area contributed by atoms with Crippen molar-refractivity contribution in [2.75, 3.05) is 6.61 Å². The van der Waals surface area contributed by atoms with Gasteiger partial charge in [-0.3, -0.25) is 0 Å². The van der Waals surface area contributed by atoms with Crippen molar-refractivity contribution in [1.29, 1.82) is 0 Å². The highest BCUT2D eigenvalue weighted by molar-refractivity contribution is 8.16. The van der Waals surface area contributed by atoms with E-state index in [0.29, 0.717) is 6.61 Å². The van der Waals surface area contributed by atoms with E-state index in [9.17, 15) is 8.42 Å². The SMILES string of the molecule is CCCCCOC(P)S(=O)(=O)Cl. The van der Waals surface area contributed by atoms with Gasteiger partial charge in [0.25, 0.3) is 9.05 Å². The van der Waals surface area contributed by atoms with Crippen LogP contribution in [0.3, 0.4) is 0 Å². The van der Waals surface area contributed by atoms with Gasteiger partial charge in [0.05, 0.1) is 0 Å². The first-order chi connectivity index (χ1) is 5.48. The van der Waals surface area contributed by atoms with E-state index in [-0.39, 0.29) is 0 Å². The summed E-state index contributed by atoms with van der Waals surface area (Å²) in [7, 11) is 3.49. The minimum atomic E-state index is -3.58. The van der Waals surface area contributed by atoms with Crippen LogP contribution in [0.5, 0.6) is 0 Å². The quantitative estimate of drug-likeness (QED) is 0.399. The first-order valence-corrected chi connectivity index (χ1v) is 6.83. The van der Waals surface area contributed by atoms with E-state index in [2.05, 4.69) is 6.92 Å². The van der Waals surface area contributed by atoms with Gasteiger partial charge in [-0.2, -0.15) is 0 Å². The number of halogens is 1. The summed E-state index contributed by atoms with van der Waals surface area (Å²) in [5.41, 5.74) is 0. The molecule has 0 aromatic rings. The predicted molar refractivity (Wildman–Crippen MR) is 53.7 cm³/mol. The van der Waals surface area contributed by atoms with Crippen LogP contribution in [0.4, 0.5) is 0 Å². The highest BCUT2D eigenvalue weighted by Crippen LogP contribution is 2.15. The highest BCUT2D eigenvalue weighted by atomic mass is 35.7. The van der Waals surface area contributed by atoms with Gasteiger partial charge in [0, 0.05) is 17.3 Å². The Kier molecular flexibility index (Phi) is 6.46. The molecule has 0 radical (unpaired) electrons. The maximum atomic E-state index is 10.6. The molecule has 0 saturated heterocycles. The molecule has 0 aliphatic heterocycles. The predicted octanol–water partition coefficient (Wildman–Crippen LogP) is 1.92. The first-order valence-electron chi connectivity index (χ1n) is 3.79. The van der Waals surface area contributed by atoms with Crippen molar-refractivity contribution in [1.82, 2.24) is 0 Å². The Morgan fingerprint density at radius 1 is 1.50 bits per heavy atom. The number of ether oxygens (including phenoxy) is 1. The number of hydrogen-bond acceptors (Lipinski definition) is 3. The fraction of sp³-hybridized carbons (Fsp3) is 1.00. The van der Waals surface area contributed by atoms with Crippen LogP contribution in [0.2, 0.25) is 0 Å². The van der Waals surface area contributed by atoms with Gasteiger partial charge in [0.2, 0.25) is 0 Å². The van der Waals surface area contributed by atoms with Gasteiger partial charge in [-0.05, 0) is 6.42 Å². The first kappa shape index (κ1) is 12.6. The Hall–Kier alpha value is 0.630. The van der Waals surface area contributed by atoms with Crippen LogP contribution >= 0.6 is 19.9 Å². The summed E-state index contributed by atoms with van der Waals surface area (Å²) < 4.78 is 26.2. The van der Waals surface area contributed by atoms with Crippen molar-refractivity contribution in [2.24, 2.45) is 0 Å². The van der Waals surface area contributed by atoms with Gasteiger partial charge in [-0.1, -0.05) is 29.0 Å². The van der Waals surface area contributed by atoms with Crippen LogP contribution in [-0.2, 0) is 13.8 Å². The molecule has 6 heteroatoms. The van der Waals surface area contributed by atoms with Gasteiger partial charge in [-0.25, -0.2) is 8.42 Å². The standard InChI is InChI=1S/C6H14ClO3PS/c1-2-3-4-5-10-6(11)12(7,8)9/h6H,2-5,11H2,1H3. The van der Waals surface area contributed by atoms with Crippen molar-refractivity contribution >= 4 is 29.0 Å². The summed E-state index contributed by atoms with van der Waals surface area (Å²) in [6.45, 7) is 2.50. The molecule has 0 aromatic heterocycles. The second-order valence-electron chi connectivity index (χ2n) is 2.42. The third-order valence-electron chi connectivity index (χ3n) is 1.31. The topological polar surface area (TPSA) is 43.4 Å². The lowest BCUT2D eigenvalue weighted by atomic mass is 10.3. The van der Waals surface area contributed by atoms with Gasteiger partial charge in [0.1, 0.15) is 0 Å². The Bertz CT molecular complexity index is 205. The molecule has 3 nitrogen and oxygen atoms in total. The second-order valence-corrected chi connectivity index (χ2v) is 6.22. The third-order valence-corrected chi connectivity index (χ3v) is 4.31. The molecular formula is C6H14ClO3PS. The third kappa shape index (κ3) is 6.18. The van der Waals surface area contributed by atoms with Crippen LogP contribution < -0.4 is 0 Å². The average molecular weight is 233 g/mol. The Balaban J connectivity index is 3.52. The largest absolute Gasteiger partial charge is 0.357 e. The lowest BCUT2D eigenvalue weighted by Crippen LogP contribution is -2.13. The lowest BCUT2D eigenvalue weighted by Gasteiger charge is -2.08. The molecule has 2 unspecified atom stereocenters. The van der Waals surface area contributed by atoms with E-state index < -0.39 is 14.2 Å². The van der Waals surface area contributed by atoms with E-state index >= 15 is 0 Å². The van der Waals surface area contributed by atoms with E-state index in [4.69, 9.17) is 15.4 Å². The normalized spacial score (nSPS) is 14.6. The van der Waals surface area contributed by atoms with Crippen LogP contribution in [0.25, 0.3) is 0 Å². The summed E-state index contributed by atoms with van der Waals surface area (Å²) in [5, 5.41) is -0.976. The van der Waals surface area contributed by atoms with Crippen molar-refractivity contribution in [3.63, 3.8) is 0 Å². The molecule has 0 N–H and O–H groups in total. The molecule has 0 rings (SSSR count). The molecule has 0 saturated carbocycles. The molecule has 12 heavy (non-hydrogen) atoms. The van der Waals surface area contributed by atoms with Crippen molar-refractivity contribution in [3.8, 4) is 0 Å².